The smallest absolute Gasteiger partial charge is 0.355 e. The maximum absolute atomic E-state index is 13.2. The van der Waals surface area contributed by atoms with Gasteiger partial charge in [0.2, 0.25) is 0 Å². The quantitative estimate of drug-likeness (QED) is 0.512. The Balaban J connectivity index is 1.97. The maximum Gasteiger partial charge on any atom is 0.355 e. The zero-order valence-corrected chi connectivity index (χ0v) is 12.9. The molecule has 0 aliphatic carbocycles. The molecule has 0 aliphatic heterocycles. The van der Waals surface area contributed by atoms with E-state index in [9.17, 15) is 24.1 Å². The van der Waals surface area contributed by atoms with Crippen molar-refractivity contribution in [1.29, 1.82) is 0 Å². The summed E-state index contributed by atoms with van der Waals surface area (Å²) < 4.78 is 19.2. The predicted octanol–water partition coefficient (Wildman–Crippen LogP) is 2.18. The lowest BCUT2D eigenvalue weighted by Gasteiger charge is -2.09. The largest absolute Gasteiger partial charge is 0.451 e. The minimum absolute atomic E-state index is 0.0589. The molecule has 2 rings (SSSR count). The second-order valence-corrected chi connectivity index (χ2v) is 5.04. The fourth-order valence-corrected chi connectivity index (χ4v) is 1.97. The van der Waals surface area contributed by atoms with Crippen LogP contribution in [0.2, 0.25) is 0 Å². The molecule has 0 radical (unpaired) electrons. The number of carbonyl (C=O) groups is 2. The summed E-state index contributed by atoms with van der Waals surface area (Å²) in [5, 5.41) is 13.1. The van der Waals surface area contributed by atoms with Gasteiger partial charge in [0.1, 0.15) is 11.5 Å². The molecule has 24 heavy (non-hydrogen) atoms. The number of carbonyl (C=O) groups excluding carboxylic acids is 2. The molecule has 0 aliphatic rings. The highest BCUT2D eigenvalue weighted by atomic mass is 19.1. The monoisotopic (exact) mass is 335 g/mol. The van der Waals surface area contributed by atoms with Crippen molar-refractivity contribution >= 4 is 23.3 Å². The van der Waals surface area contributed by atoms with E-state index in [1.165, 1.54) is 23.7 Å². The molecule has 1 amide bonds. The van der Waals surface area contributed by atoms with E-state index < -0.39 is 29.2 Å². The number of hydrogen-bond donors (Lipinski definition) is 1. The van der Waals surface area contributed by atoms with Gasteiger partial charge in [-0.15, -0.1) is 0 Å². The lowest BCUT2D eigenvalue weighted by molar-refractivity contribution is -0.384. The third-order valence-electron chi connectivity index (χ3n) is 3.22. The number of anilines is 1. The SMILES string of the molecule is Cc1ccc(F)cc1NC(=O)COC(=O)c1cc([N+](=O)[O-])cn1C. The van der Waals surface area contributed by atoms with Crippen LogP contribution in [-0.2, 0) is 16.6 Å². The van der Waals surface area contributed by atoms with Crippen LogP contribution in [0.25, 0.3) is 0 Å². The Labute approximate surface area is 136 Å². The van der Waals surface area contributed by atoms with Crippen molar-refractivity contribution < 1.29 is 23.6 Å². The van der Waals surface area contributed by atoms with Crippen molar-refractivity contribution in [2.24, 2.45) is 7.05 Å². The fraction of sp³-hybridized carbons (Fsp3) is 0.200. The molecule has 0 atom stereocenters. The summed E-state index contributed by atoms with van der Waals surface area (Å²) in [6.07, 6.45) is 1.16. The first-order chi connectivity index (χ1) is 11.3. The van der Waals surface area contributed by atoms with Gasteiger partial charge in [0.15, 0.2) is 6.61 Å². The van der Waals surface area contributed by atoms with E-state index in [2.05, 4.69) is 5.32 Å². The van der Waals surface area contributed by atoms with E-state index in [4.69, 9.17) is 4.74 Å². The fourth-order valence-electron chi connectivity index (χ4n) is 1.97. The molecule has 126 valence electrons. The van der Waals surface area contributed by atoms with Gasteiger partial charge in [-0.25, -0.2) is 9.18 Å². The van der Waals surface area contributed by atoms with Gasteiger partial charge in [0.05, 0.1) is 11.1 Å². The highest BCUT2D eigenvalue weighted by Gasteiger charge is 2.19. The Morgan fingerprint density at radius 2 is 2.08 bits per heavy atom. The Bertz CT molecular complexity index is 815. The topological polar surface area (TPSA) is 103 Å². The highest BCUT2D eigenvalue weighted by molar-refractivity contribution is 5.95. The lowest BCUT2D eigenvalue weighted by atomic mass is 10.2. The number of aryl methyl sites for hydroxylation is 2. The molecule has 9 heteroatoms. The average Bonchev–Trinajstić information content (AvgIpc) is 2.91. The second-order valence-electron chi connectivity index (χ2n) is 5.04. The molecular weight excluding hydrogens is 321 g/mol. The first-order valence-corrected chi connectivity index (χ1v) is 6.82. The Kier molecular flexibility index (Phi) is 4.93. The molecule has 0 saturated carbocycles. The molecule has 8 nitrogen and oxygen atoms in total. The number of nitrogens with one attached hydrogen (secondary N) is 1. The predicted molar refractivity (Wildman–Crippen MR) is 82.1 cm³/mol. The zero-order chi connectivity index (χ0) is 17.9. The van der Waals surface area contributed by atoms with Crippen LogP contribution in [-0.4, -0.2) is 28.0 Å². The third kappa shape index (κ3) is 3.94. The van der Waals surface area contributed by atoms with Crippen LogP contribution in [0, 0.1) is 22.9 Å². The van der Waals surface area contributed by atoms with Crippen molar-refractivity contribution in [3.8, 4) is 0 Å². The normalized spacial score (nSPS) is 10.3. The minimum atomic E-state index is -0.878. The van der Waals surface area contributed by atoms with E-state index in [-0.39, 0.29) is 17.1 Å². The average molecular weight is 335 g/mol. The summed E-state index contributed by atoms with van der Waals surface area (Å²) >= 11 is 0. The number of rotatable bonds is 5. The molecule has 0 spiro atoms. The Morgan fingerprint density at radius 1 is 1.38 bits per heavy atom. The van der Waals surface area contributed by atoms with E-state index in [1.54, 1.807) is 6.92 Å². The number of benzene rings is 1. The van der Waals surface area contributed by atoms with Gasteiger partial charge in [-0.3, -0.25) is 14.9 Å². The van der Waals surface area contributed by atoms with Crippen LogP contribution < -0.4 is 5.32 Å². The van der Waals surface area contributed by atoms with Crippen molar-refractivity contribution in [1.82, 2.24) is 4.57 Å². The summed E-state index contributed by atoms with van der Waals surface area (Å²) in [6.45, 7) is 1.08. The van der Waals surface area contributed by atoms with Crippen molar-refractivity contribution in [3.63, 3.8) is 0 Å². The molecule has 1 heterocycles. The van der Waals surface area contributed by atoms with Gasteiger partial charge in [-0.05, 0) is 24.6 Å². The number of halogens is 1. The van der Waals surface area contributed by atoms with E-state index >= 15 is 0 Å². The summed E-state index contributed by atoms with van der Waals surface area (Å²) in [7, 11) is 1.44. The first-order valence-electron chi connectivity index (χ1n) is 6.82. The first kappa shape index (κ1) is 17.1. The van der Waals surface area contributed by atoms with Crippen molar-refractivity contribution in [3.05, 3.63) is 57.7 Å². The summed E-state index contributed by atoms with van der Waals surface area (Å²) in [6, 6.07) is 4.96. The van der Waals surface area contributed by atoms with Gasteiger partial charge >= 0.3 is 5.97 Å². The lowest BCUT2D eigenvalue weighted by Crippen LogP contribution is -2.22. The highest BCUT2D eigenvalue weighted by Crippen LogP contribution is 2.17. The number of aromatic nitrogens is 1. The second kappa shape index (κ2) is 6.90. The van der Waals surface area contributed by atoms with Crippen molar-refractivity contribution in [2.75, 3.05) is 11.9 Å². The van der Waals surface area contributed by atoms with Crippen LogP contribution in [0.5, 0.6) is 0 Å². The Morgan fingerprint density at radius 3 is 2.71 bits per heavy atom. The zero-order valence-electron chi connectivity index (χ0n) is 12.9. The molecular formula is C15H14FN3O5. The van der Waals surface area contributed by atoms with Gasteiger partial charge in [0.25, 0.3) is 11.6 Å². The number of esters is 1. The van der Waals surface area contributed by atoms with E-state index in [0.29, 0.717) is 5.56 Å². The molecule has 1 N–H and O–H groups in total. The van der Waals surface area contributed by atoms with Gasteiger partial charge in [0, 0.05) is 18.8 Å². The number of nitrogens with zero attached hydrogens (tertiary/aromatic N) is 2. The standard InChI is InChI=1S/C15H14FN3O5/c1-9-3-4-10(16)5-12(9)17-14(20)8-24-15(21)13-6-11(19(22)23)7-18(13)2/h3-7H,8H2,1-2H3,(H,17,20). The summed E-state index contributed by atoms with van der Waals surface area (Å²) in [4.78, 5) is 33.7. The van der Waals surface area contributed by atoms with Crippen LogP contribution in [0.4, 0.5) is 15.8 Å². The van der Waals surface area contributed by atoms with Crippen molar-refractivity contribution in [2.45, 2.75) is 6.92 Å². The number of hydrogen-bond acceptors (Lipinski definition) is 5. The van der Waals surface area contributed by atoms with E-state index in [0.717, 1.165) is 18.3 Å². The Hall–Kier alpha value is -3.23. The minimum Gasteiger partial charge on any atom is -0.451 e. The third-order valence-corrected chi connectivity index (χ3v) is 3.22. The van der Waals surface area contributed by atoms with Crippen LogP contribution in [0.3, 0.4) is 0 Å². The number of amides is 1. The van der Waals surface area contributed by atoms with Gasteiger partial charge in [-0.1, -0.05) is 6.07 Å². The molecule has 0 unspecified atom stereocenters. The molecule has 0 fully saturated rings. The molecule has 1 aromatic heterocycles. The van der Waals surface area contributed by atoms with Crippen LogP contribution >= 0.6 is 0 Å². The van der Waals surface area contributed by atoms with E-state index in [1.807, 2.05) is 0 Å². The van der Waals surface area contributed by atoms with Gasteiger partial charge in [-0.2, -0.15) is 0 Å². The molecule has 0 saturated heterocycles. The number of nitro groups is 1. The molecule has 2 aromatic rings. The maximum atomic E-state index is 13.2. The van der Waals surface area contributed by atoms with Crippen LogP contribution in [0.1, 0.15) is 16.1 Å². The number of ether oxygens (including phenoxy) is 1. The van der Waals surface area contributed by atoms with Crippen LogP contribution in [0.15, 0.2) is 30.5 Å². The summed E-state index contributed by atoms with van der Waals surface area (Å²) in [5.41, 5.74) is 0.598. The molecule has 0 bridgehead atoms. The van der Waals surface area contributed by atoms with Gasteiger partial charge < -0.3 is 14.6 Å². The summed E-state index contributed by atoms with van der Waals surface area (Å²) in [5.74, 6) is -2.04. The molecule has 1 aromatic carbocycles.